The van der Waals surface area contributed by atoms with Crippen molar-refractivity contribution in [2.24, 2.45) is 11.3 Å². The van der Waals surface area contributed by atoms with Crippen LogP contribution in [0.15, 0.2) is 11.1 Å². The standard InChI is InChI=1S/C15H26O2/c1-11(2)8-14(16)17-10-13-6-7-15(4,5)9-12(13)3/h11H,6-10H2,1-5H3. The molecule has 0 saturated heterocycles. The second-order valence-corrected chi connectivity index (χ2v) is 6.48. The molecule has 0 fully saturated rings. The molecular formula is C15H26O2. The van der Waals surface area contributed by atoms with E-state index in [1.165, 1.54) is 17.6 Å². The lowest BCUT2D eigenvalue weighted by atomic mass is 9.75. The van der Waals surface area contributed by atoms with E-state index in [1.807, 2.05) is 13.8 Å². The molecule has 0 unspecified atom stereocenters. The van der Waals surface area contributed by atoms with Crippen LogP contribution in [0, 0.1) is 11.3 Å². The summed E-state index contributed by atoms with van der Waals surface area (Å²) in [5.41, 5.74) is 3.16. The monoisotopic (exact) mass is 238 g/mol. The van der Waals surface area contributed by atoms with E-state index >= 15 is 0 Å². The zero-order valence-corrected chi connectivity index (χ0v) is 11.9. The first kappa shape index (κ1) is 14.3. The fourth-order valence-electron chi connectivity index (χ4n) is 2.39. The van der Waals surface area contributed by atoms with Gasteiger partial charge >= 0.3 is 5.97 Å². The Morgan fingerprint density at radius 2 is 2.06 bits per heavy atom. The molecule has 0 N–H and O–H groups in total. The normalized spacial score (nSPS) is 19.6. The van der Waals surface area contributed by atoms with Gasteiger partial charge in [0.2, 0.25) is 0 Å². The van der Waals surface area contributed by atoms with E-state index in [4.69, 9.17) is 4.74 Å². The Morgan fingerprint density at radius 3 is 2.59 bits per heavy atom. The fraction of sp³-hybridized carbons (Fsp3) is 0.800. The van der Waals surface area contributed by atoms with Gasteiger partial charge in [0.05, 0.1) is 0 Å². The molecule has 0 aliphatic heterocycles. The molecule has 0 aromatic rings. The zero-order valence-electron chi connectivity index (χ0n) is 11.9. The molecular weight excluding hydrogens is 212 g/mol. The Labute approximate surface area is 105 Å². The maximum absolute atomic E-state index is 11.5. The van der Waals surface area contributed by atoms with E-state index in [0.717, 1.165) is 12.8 Å². The quantitative estimate of drug-likeness (QED) is 0.544. The van der Waals surface area contributed by atoms with E-state index in [0.29, 0.717) is 24.4 Å². The predicted molar refractivity (Wildman–Crippen MR) is 70.7 cm³/mol. The second kappa shape index (κ2) is 5.70. The molecule has 0 saturated carbocycles. The third-order valence-corrected chi connectivity index (χ3v) is 3.43. The molecule has 0 spiro atoms. The van der Waals surface area contributed by atoms with Crippen molar-refractivity contribution in [3.05, 3.63) is 11.1 Å². The highest BCUT2D eigenvalue weighted by Crippen LogP contribution is 2.38. The Balaban J connectivity index is 2.45. The third-order valence-electron chi connectivity index (χ3n) is 3.43. The molecule has 1 rings (SSSR count). The van der Waals surface area contributed by atoms with Crippen LogP contribution in [0.5, 0.6) is 0 Å². The number of hydrogen-bond acceptors (Lipinski definition) is 2. The number of hydrogen-bond donors (Lipinski definition) is 0. The fourth-order valence-corrected chi connectivity index (χ4v) is 2.39. The minimum atomic E-state index is -0.0647. The van der Waals surface area contributed by atoms with Crippen LogP contribution >= 0.6 is 0 Å². The van der Waals surface area contributed by atoms with Crippen LogP contribution in [0.2, 0.25) is 0 Å². The minimum Gasteiger partial charge on any atom is -0.461 e. The van der Waals surface area contributed by atoms with Crippen LogP contribution < -0.4 is 0 Å². The third kappa shape index (κ3) is 4.93. The summed E-state index contributed by atoms with van der Waals surface area (Å²) < 4.78 is 5.33. The molecule has 17 heavy (non-hydrogen) atoms. The lowest BCUT2D eigenvalue weighted by Crippen LogP contribution is -2.20. The van der Waals surface area contributed by atoms with Crippen molar-refractivity contribution in [1.82, 2.24) is 0 Å². The smallest absolute Gasteiger partial charge is 0.306 e. The van der Waals surface area contributed by atoms with E-state index in [9.17, 15) is 4.79 Å². The maximum atomic E-state index is 11.5. The van der Waals surface area contributed by atoms with Crippen LogP contribution in [0.4, 0.5) is 0 Å². The Bertz CT molecular complexity index is 311. The van der Waals surface area contributed by atoms with E-state index in [1.54, 1.807) is 0 Å². The molecule has 0 radical (unpaired) electrons. The summed E-state index contributed by atoms with van der Waals surface area (Å²) in [6.45, 7) is 11.4. The van der Waals surface area contributed by atoms with Crippen molar-refractivity contribution in [2.45, 2.75) is 60.3 Å². The molecule has 0 amide bonds. The highest BCUT2D eigenvalue weighted by molar-refractivity contribution is 5.69. The summed E-state index contributed by atoms with van der Waals surface area (Å²) in [6, 6.07) is 0. The first-order chi connectivity index (χ1) is 7.80. The predicted octanol–water partition coefficient (Wildman–Crippen LogP) is 4.10. The molecule has 2 nitrogen and oxygen atoms in total. The lowest BCUT2D eigenvalue weighted by molar-refractivity contribution is -0.143. The number of carbonyl (C=O) groups excluding carboxylic acids is 1. The lowest BCUT2D eigenvalue weighted by Gasteiger charge is -2.31. The summed E-state index contributed by atoms with van der Waals surface area (Å²) in [4.78, 5) is 11.5. The van der Waals surface area contributed by atoms with Crippen LogP contribution in [0.3, 0.4) is 0 Å². The van der Waals surface area contributed by atoms with Gasteiger partial charge in [-0.25, -0.2) is 0 Å². The van der Waals surface area contributed by atoms with Gasteiger partial charge in [0, 0.05) is 6.42 Å². The number of allylic oxidation sites excluding steroid dienone is 1. The van der Waals surface area contributed by atoms with Gasteiger partial charge in [0.15, 0.2) is 0 Å². The summed E-state index contributed by atoms with van der Waals surface area (Å²) in [5, 5.41) is 0. The average Bonchev–Trinajstić information content (AvgIpc) is 2.13. The van der Waals surface area contributed by atoms with E-state index in [2.05, 4.69) is 20.8 Å². The van der Waals surface area contributed by atoms with Crippen molar-refractivity contribution >= 4 is 5.97 Å². The highest BCUT2D eigenvalue weighted by atomic mass is 16.5. The van der Waals surface area contributed by atoms with Crippen LogP contribution in [0.25, 0.3) is 0 Å². The van der Waals surface area contributed by atoms with Gasteiger partial charge in [0.1, 0.15) is 6.61 Å². The first-order valence-electron chi connectivity index (χ1n) is 6.63. The van der Waals surface area contributed by atoms with Gasteiger partial charge in [-0.3, -0.25) is 4.79 Å². The molecule has 0 atom stereocenters. The minimum absolute atomic E-state index is 0.0647. The van der Waals surface area contributed by atoms with Crippen molar-refractivity contribution < 1.29 is 9.53 Å². The number of carbonyl (C=O) groups is 1. The van der Waals surface area contributed by atoms with Gasteiger partial charge in [0.25, 0.3) is 0 Å². The maximum Gasteiger partial charge on any atom is 0.306 e. The number of esters is 1. The van der Waals surface area contributed by atoms with Gasteiger partial charge in [-0.05, 0) is 43.1 Å². The van der Waals surface area contributed by atoms with E-state index in [-0.39, 0.29) is 5.97 Å². The highest BCUT2D eigenvalue weighted by Gasteiger charge is 2.25. The van der Waals surface area contributed by atoms with E-state index < -0.39 is 0 Å². The topological polar surface area (TPSA) is 26.3 Å². The first-order valence-corrected chi connectivity index (χ1v) is 6.63. The summed E-state index contributed by atoms with van der Waals surface area (Å²) in [7, 11) is 0. The Morgan fingerprint density at radius 1 is 1.41 bits per heavy atom. The molecule has 0 heterocycles. The van der Waals surface area contributed by atoms with Crippen LogP contribution in [-0.2, 0) is 9.53 Å². The van der Waals surface area contributed by atoms with Crippen molar-refractivity contribution in [3.63, 3.8) is 0 Å². The molecule has 2 heteroatoms. The zero-order chi connectivity index (χ0) is 13.1. The van der Waals surface area contributed by atoms with Crippen molar-refractivity contribution in [1.29, 1.82) is 0 Å². The molecule has 98 valence electrons. The Hall–Kier alpha value is -0.790. The molecule has 0 aromatic heterocycles. The van der Waals surface area contributed by atoms with Crippen molar-refractivity contribution in [3.8, 4) is 0 Å². The van der Waals surface area contributed by atoms with Gasteiger partial charge in [-0.15, -0.1) is 0 Å². The van der Waals surface area contributed by atoms with Crippen LogP contribution in [-0.4, -0.2) is 12.6 Å². The molecule has 0 aromatic carbocycles. The molecule has 1 aliphatic rings. The summed E-state index contributed by atoms with van der Waals surface area (Å²) >= 11 is 0. The Kier molecular flexibility index (Phi) is 4.79. The largest absolute Gasteiger partial charge is 0.461 e. The van der Waals surface area contributed by atoms with Crippen molar-refractivity contribution in [2.75, 3.05) is 6.61 Å². The molecule has 0 bridgehead atoms. The SMILES string of the molecule is CC1=C(COC(=O)CC(C)C)CCC(C)(C)C1. The summed E-state index contributed by atoms with van der Waals surface area (Å²) in [5.74, 6) is 0.313. The second-order valence-electron chi connectivity index (χ2n) is 6.48. The number of rotatable bonds is 4. The number of ether oxygens (including phenoxy) is 1. The van der Waals surface area contributed by atoms with Gasteiger partial charge in [-0.2, -0.15) is 0 Å². The average molecular weight is 238 g/mol. The summed E-state index contributed by atoms with van der Waals surface area (Å²) in [6.07, 6.45) is 3.93. The van der Waals surface area contributed by atoms with Crippen LogP contribution in [0.1, 0.15) is 60.3 Å². The van der Waals surface area contributed by atoms with Gasteiger partial charge < -0.3 is 4.74 Å². The molecule has 1 aliphatic carbocycles. The van der Waals surface area contributed by atoms with Gasteiger partial charge in [-0.1, -0.05) is 33.3 Å².